The molecule has 0 atom stereocenters. The monoisotopic (exact) mass is 1090 g/mol. The number of hydrogen-bond donors (Lipinski definition) is 0. The highest BCUT2D eigenvalue weighted by Crippen LogP contribution is 2.51. The van der Waals surface area contributed by atoms with Crippen LogP contribution in [0.3, 0.4) is 0 Å². The standard InChI is InChI=1S/C78H49BN4O/c1-3-21-50(22-4-1)56-25-7-14-32-66(56)82-72-48-54(80-68-34-16-9-27-58(68)59-28-10-17-35-69(59)80)40-42-64(72)79-65-43-41-55(81-70-36-18-11-29-60(70)61-30-12-19-37-71(61)81)49-73(65)83(67-33-15-8-26-57(67)51-23-5-2-6-24-51)75-47-53(46-74(82)78(75)79)52-39-44-77-63(45-52)62-31-13-20-38-76(62)84-77/h1-49H/i9D,10D,11D,12D,16D,17D,18D,19D,27D,28D,29D,30D,34D,35D,36D,37D,40D,41D,42D,43D,48D,49D. The quantitative estimate of drug-likeness (QED) is 0.149. The van der Waals surface area contributed by atoms with Crippen LogP contribution in [0.2, 0.25) is 0 Å². The van der Waals surface area contributed by atoms with Crippen molar-refractivity contribution in [2.45, 2.75) is 0 Å². The highest BCUT2D eigenvalue weighted by atomic mass is 16.3. The van der Waals surface area contributed by atoms with Crippen molar-refractivity contribution in [1.82, 2.24) is 9.13 Å². The van der Waals surface area contributed by atoms with E-state index in [1.807, 2.05) is 140 Å². The summed E-state index contributed by atoms with van der Waals surface area (Å²) >= 11 is 0. The maximum absolute atomic E-state index is 11.3. The van der Waals surface area contributed by atoms with E-state index < -0.39 is 173 Å². The van der Waals surface area contributed by atoms with Gasteiger partial charge in [-0.1, -0.05) is 206 Å². The summed E-state index contributed by atoms with van der Waals surface area (Å²) in [4.78, 5) is 3.52. The molecule has 3 aromatic heterocycles. The highest BCUT2D eigenvalue weighted by molar-refractivity contribution is 7.00. The first kappa shape index (κ1) is 30.1. The molecule has 2 aliphatic rings. The third kappa shape index (κ3) is 6.85. The molecule has 0 fully saturated rings. The normalized spacial score (nSPS) is 16.4. The molecule has 13 aromatic carbocycles. The van der Waals surface area contributed by atoms with Gasteiger partial charge in [0.25, 0.3) is 6.71 Å². The number of fused-ring (bicyclic) bond motifs is 13. The van der Waals surface area contributed by atoms with Crippen molar-refractivity contribution in [1.29, 1.82) is 0 Å². The molecule has 0 saturated heterocycles. The number of para-hydroxylation sites is 7. The Labute approximate surface area is 516 Å². The summed E-state index contributed by atoms with van der Waals surface area (Å²) in [5.41, 5.74) is 2.90. The largest absolute Gasteiger partial charge is 0.456 e. The van der Waals surface area contributed by atoms with Gasteiger partial charge in [0.2, 0.25) is 0 Å². The number of anilines is 6. The molecule has 6 heteroatoms. The third-order valence-electron chi connectivity index (χ3n) is 16.2. The highest BCUT2D eigenvalue weighted by Gasteiger charge is 2.45. The van der Waals surface area contributed by atoms with Gasteiger partial charge in [0.1, 0.15) is 11.2 Å². The van der Waals surface area contributed by atoms with Crippen LogP contribution in [-0.2, 0) is 0 Å². The molecule has 2 aliphatic heterocycles. The van der Waals surface area contributed by atoms with Crippen molar-refractivity contribution in [2.24, 2.45) is 0 Å². The predicted octanol–water partition coefficient (Wildman–Crippen LogP) is 18.9. The number of nitrogens with zero attached hydrogens (tertiary/aromatic N) is 4. The van der Waals surface area contributed by atoms with Crippen LogP contribution in [0.1, 0.15) is 30.2 Å². The van der Waals surface area contributed by atoms with E-state index in [-0.39, 0.29) is 55.2 Å². The number of furan rings is 1. The lowest BCUT2D eigenvalue weighted by Gasteiger charge is -2.45. The second-order valence-electron chi connectivity index (χ2n) is 20.6. The molecule has 18 rings (SSSR count). The first-order valence-electron chi connectivity index (χ1n) is 38.2. The van der Waals surface area contributed by atoms with Gasteiger partial charge in [0.15, 0.2) is 0 Å². The molecule has 0 aliphatic carbocycles. The zero-order valence-corrected chi connectivity index (χ0v) is 43.9. The van der Waals surface area contributed by atoms with Crippen molar-refractivity contribution in [2.75, 3.05) is 9.80 Å². The Kier molecular flexibility index (Phi) is 6.53. The summed E-state index contributed by atoms with van der Waals surface area (Å²) in [7, 11) is 0. The molecule has 0 N–H and O–H groups in total. The molecule has 0 saturated carbocycles. The van der Waals surface area contributed by atoms with Crippen LogP contribution < -0.4 is 26.2 Å². The Bertz CT molecular complexity index is 6220. The lowest BCUT2D eigenvalue weighted by atomic mass is 9.33. The van der Waals surface area contributed by atoms with Gasteiger partial charge in [-0.2, -0.15) is 0 Å². The molecule has 0 radical (unpaired) electrons. The minimum Gasteiger partial charge on any atom is -0.456 e. The topological polar surface area (TPSA) is 29.5 Å². The van der Waals surface area contributed by atoms with E-state index in [4.69, 9.17) is 15.4 Å². The summed E-state index contributed by atoms with van der Waals surface area (Å²) in [6.45, 7) is -1.59. The SMILES string of the molecule is [2H]c1c([2H])c(-n2c3c([2H])c([2H])c([2H])c([2H])c3c3c([2H])c([2H])c([2H])c([2H])c32)c([2H])c2c1B1c3c(cc(-c4ccc5oc6ccccc6c5c4)cc3N(c3ccccc3-c3ccccc3)c3c([2H])c(-n4c5c([2H])c([2H])c([2H])c([2H])c5c5c([2H])c([2H])c([2H])c([2H])c54)c([2H])c([2H])c31)N2c1ccccc1-c1ccccc1. The van der Waals surface area contributed by atoms with Gasteiger partial charge >= 0.3 is 0 Å². The van der Waals surface area contributed by atoms with E-state index in [2.05, 4.69) is 0 Å². The second kappa shape index (κ2) is 18.2. The van der Waals surface area contributed by atoms with Crippen LogP contribution in [0.15, 0.2) is 301 Å². The number of hydrogen-bond acceptors (Lipinski definition) is 3. The van der Waals surface area contributed by atoms with Crippen molar-refractivity contribution >= 4 is 123 Å². The summed E-state index contributed by atoms with van der Waals surface area (Å²) in [6, 6.07) is 34.4. The maximum Gasteiger partial charge on any atom is 0.252 e. The van der Waals surface area contributed by atoms with Crippen LogP contribution in [0.25, 0.3) is 110 Å². The lowest BCUT2D eigenvalue weighted by Crippen LogP contribution is -2.61. The average molecular weight is 1090 g/mol. The zero-order valence-electron chi connectivity index (χ0n) is 65.9. The van der Waals surface area contributed by atoms with Crippen molar-refractivity contribution in [3.05, 3.63) is 297 Å². The van der Waals surface area contributed by atoms with Gasteiger partial charge in [0, 0.05) is 77.6 Å². The van der Waals surface area contributed by atoms with E-state index in [1.54, 1.807) is 34.1 Å². The fourth-order valence-corrected chi connectivity index (χ4v) is 12.7. The molecule has 5 nitrogen and oxygen atoms in total. The minimum atomic E-state index is -1.59. The fourth-order valence-electron chi connectivity index (χ4n) is 12.7. The summed E-state index contributed by atoms with van der Waals surface area (Å²) in [5.74, 6) is 0. The molecule has 84 heavy (non-hydrogen) atoms. The van der Waals surface area contributed by atoms with Crippen LogP contribution in [-0.4, -0.2) is 15.8 Å². The van der Waals surface area contributed by atoms with Crippen LogP contribution in [0.5, 0.6) is 0 Å². The van der Waals surface area contributed by atoms with Gasteiger partial charge in [-0.25, -0.2) is 0 Å². The third-order valence-corrected chi connectivity index (χ3v) is 16.2. The maximum atomic E-state index is 11.3. The summed E-state index contributed by atoms with van der Waals surface area (Å²) in [6.07, 6.45) is 0. The molecule has 16 aromatic rings. The predicted molar refractivity (Wildman–Crippen MR) is 353 cm³/mol. The summed E-state index contributed by atoms with van der Waals surface area (Å²) < 4.78 is 222. The van der Waals surface area contributed by atoms with Gasteiger partial charge in [-0.15, -0.1) is 0 Å². The summed E-state index contributed by atoms with van der Waals surface area (Å²) in [5, 5.41) is 0.120. The van der Waals surface area contributed by atoms with Gasteiger partial charge in [-0.05, 0) is 129 Å². The lowest BCUT2D eigenvalue weighted by molar-refractivity contribution is 0.669. The smallest absolute Gasteiger partial charge is 0.252 e. The minimum absolute atomic E-state index is 0.156. The molecule has 390 valence electrons. The van der Waals surface area contributed by atoms with E-state index in [9.17, 15) is 19.2 Å². The van der Waals surface area contributed by atoms with E-state index in [1.165, 1.54) is 0 Å². The Morgan fingerprint density at radius 1 is 0.310 bits per heavy atom. The average Bonchev–Trinajstić information content (AvgIpc) is 0.939. The Balaban J connectivity index is 1.08. The van der Waals surface area contributed by atoms with Gasteiger partial charge < -0.3 is 23.4 Å². The number of aromatic nitrogens is 2. The Morgan fingerprint density at radius 3 is 1.24 bits per heavy atom. The van der Waals surface area contributed by atoms with Crippen molar-refractivity contribution in [3.63, 3.8) is 0 Å². The molecule has 5 heterocycles. The van der Waals surface area contributed by atoms with Crippen LogP contribution >= 0.6 is 0 Å². The molecule has 0 bridgehead atoms. The van der Waals surface area contributed by atoms with Crippen LogP contribution in [0, 0.1) is 0 Å². The van der Waals surface area contributed by atoms with Crippen molar-refractivity contribution in [3.8, 4) is 44.8 Å². The van der Waals surface area contributed by atoms with E-state index in [0.29, 0.717) is 61.4 Å². The van der Waals surface area contributed by atoms with E-state index in [0.717, 1.165) is 19.9 Å². The molecular formula is C78H49BN4O. The second-order valence-corrected chi connectivity index (χ2v) is 20.6. The molecule has 0 spiro atoms. The number of rotatable bonds is 7. The van der Waals surface area contributed by atoms with Gasteiger partial charge in [-0.3, -0.25) is 0 Å². The first-order chi connectivity index (χ1) is 50.9. The van der Waals surface area contributed by atoms with E-state index >= 15 is 0 Å². The van der Waals surface area contributed by atoms with Crippen LogP contribution in [0.4, 0.5) is 34.1 Å². The molecule has 0 amide bonds. The molecule has 0 unspecified atom stereocenters. The zero-order chi connectivity index (χ0) is 74.1. The first-order valence-corrected chi connectivity index (χ1v) is 27.2. The Morgan fingerprint density at radius 2 is 0.738 bits per heavy atom. The van der Waals surface area contributed by atoms with Crippen molar-refractivity contribution < 1.29 is 34.6 Å². The Hall–Kier alpha value is -11.1. The fraction of sp³-hybridized carbons (Fsp3) is 0. The molecular weight excluding hydrogens is 1020 g/mol. The van der Waals surface area contributed by atoms with Gasteiger partial charge in [0.05, 0.1) is 63.6 Å². The number of benzene rings is 13.